The minimum absolute atomic E-state index is 0.820. The third-order valence-corrected chi connectivity index (χ3v) is 5.92. The molecular formula is C21H28N4. The molecule has 4 heteroatoms. The van der Waals surface area contributed by atoms with Crippen molar-refractivity contribution in [2.75, 3.05) is 37.6 Å². The normalized spacial score (nSPS) is 22.4. The van der Waals surface area contributed by atoms with Gasteiger partial charge in [0.1, 0.15) is 0 Å². The summed E-state index contributed by atoms with van der Waals surface area (Å²) in [6.45, 7) is 5.97. The van der Waals surface area contributed by atoms with E-state index in [2.05, 4.69) is 50.1 Å². The largest absolute Gasteiger partial charge is 0.341 e. The number of rotatable bonds is 5. The SMILES string of the molecule is c1ccc(CCN2CCC([C@H]3CCN(c4ncccn4)C3)CC2)cc1. The Labute approximate surface area is 150 Å². The van der Waals surface area contributed by atoms with Gasteiger partial charge in [-0.2, -0.15) is 0 Å². The van der Waals surface area contributed by atoms with Gasteiger partial charge >= 0.3 is 0 Å². The van der Waals surface area contributed by atoms with Crippen molar-refractivity contribution in [3.05, 3.63) is 54.4 Å². The van der Waals surface area contributed by atoms with E-state index in [0.717, 1.165) is 30.9 Å². The maximum absolute atomic E-state index is 4.41. The first kappa shape index (κ1) is 16.5. The smallest absolute Gasteiger partial charge is 0.225 e. The second-order valence-electron chi connectivity index (χ2n) is 7.46. The third kappa shape index (κ3) is 4.18. The molecule has 2 aliphatic heterocycles. The molecule has 2 fully saturated rings. The summed E-state index contributed by atoms with van der Waals surface area (Å²) in [5.41, 5.74) is 1.46. The number of benzene rings is 1. The lowest BCUT2D eigenvalue weighted by atomic mass is 9.83. The number of nitrogens with zero attached hydrogens (tertiary/aromatic N) is 4. The van der Waals surface area contributed by atoms with Gasteiger partial charge in [0.2, 0.25) is 5.95 Å². The minimum atomic E-state index is 0.820. The van der Waals surface area contributed by atoms with Gasteiger partial charge in [-0.1, -0.05) is 30.3 Å². The van der Waals surface area contributed by atoms with Crippen LogP contribution in [0.2, 0.25) is 0 Å². The second-order valence-corrected chi connectivity index (χ2v) is 7.46. The molecule has 4 nitrogen and oxygen atoms in total. The van der Waals surface area contributed by atoms with Crippen molar-refractivity contribution >= 4 is 5.95 Å². The minimum Gasteiger partial charge on any atom is -0.341 e. The number of aromatic nitrogens is 2. The predicted octanol–water partition coefficient (Wildman–Crippen LogP) is 3.26. The van der Waals surface area contributed by atoms with Gasteiger partial charge in [-0.05, 0) is 62.2 Å². The van der Waals surface area contributed by atoms with E-state index in [1.165, 1.54) is 50.9 Å². The molecule has 0 unspecified atom stereocenters. The van der Waals surface area contributed by atoms with Crippen molar-refractivity contribution in [3.63, 3.8) is 0 Å². The molecule has 25 heavy (non-hydrogen) atoms. The van der Waals surface area contributed by atoms with E-state index >= 15 is 0 Å². The van der Waals surface area contributed by atoms with Crippen molar-refractivity contribution in [2.45, 2.75) is 25.7 Å². The highest BCUT2D eigenvalue weighted by molar-refractivity contribution is 5.30. The molecule has 132 valence electrons. The summed E-state index contributed by atoms with van der Waals surface area (Å²) in [6.07, 6.45) is 8.87. The zero-order valence-electron chi connectivity index (χ0n) is 14.9. The highest BCUT2D eigenvalue weighted by atomic mass is 15.3. The van der Waals surface area contributed by atoms with Crippen LogP contribution in [0.25, 0.3) is 0 Å². The first-order chi connectivity index (χ1) is 12.4. The molecule has 1 aromatic heterocycles. The fourth-order valence-corrected chi connectivity index (χ4v) is 4.39. The lowest BCUT2D eigenvalue weighted by Crippen LogP contribution is -2.38. The van der Waals surface area contributed by atoms with Gasteiger partial charge in [0, 0.05) is 32.0 Å². The van der Waals surface area contributed by atoms with Crippen molar-refractivity contribution in [1.29, 1.82) is 0 Å². The van der Waals surface area contributed by atoms with E-state index in [-0.39, 0.29) is 0 Å². The molecular weight excluding hydrogens is 308 g/mol. The number of likely N-dealkylation sites (tertiary alicyclic amines) is 1. The molecule has 0 amide bonds. The molecule has 0 N–H and O–H groups in total. The van der Waals surface area contributed by atoms with Crippen molar-refractivity contribution in [2.24, 2.45) is 11.8 Å². The summed E-state index contributed by atoms with van der Waals surface area (Å²) in [7, 11) is 0. The van der Waals surface area contributed by atoms with Crippen LogP contribution in [0.3, 0.4) is 0 Å². The summed E-state index contributed by atoms with van der Waals surface area (Å²) in [6, 6.07) is 12.8. The maximum Gasteiger partial charge on any atom is 0.225 e. The summed E-state index contributed by atoms with van der Waals surface area (Å²) in [4.78, 5) is 13.8. The van der Waals surface area contributed by atoms with Crippen LogP contribution >= 0.6 is 0 Å². The van der Waals surface area contributed by atoms with Gasteiger partial charge in [0.05, 0.1) is 0 Å². The lowest BCUT2D eigenvalue weighted by molar-refractivity contribution is 0.154. The second kappa shape index (κ2) is 7.96. The molecule has 2 saturated heterocycles. The van der Waals surface area contributed by atoms with Gasteiger partial charge in [0.25, 0.3) is 0 Å². The Bertz CT molecular complexity index is 637. The highest BCUT2D eigenvalue weighted by Crippen LogP contribution is 2.32. The third-order valence-electron chi connectivity index (χ3n) is 5.92. The van der Waals surface area contributed by atoms with Crippen molar-refractivity contribution < 1.29 is 0 Å². The van der Waals surface area contributed by atoms with Crippen molar-refractivity contribution in [1.82, 2.24) is 14.9 Å². The molecule has 0 saturated carbocycles. The van der Waals surface area contributed by atoms with E-state index < -0.39 is 0 Å². The van der Waals surface area contributed by atoms with Gasteiger partial charge in [-0.15, -0.1) is 0 Å². The predicted molar refractivity (Wildman–Crippen MR) is 102 cm³/mol. The van der Waals surface area contributed by atoms with Crippen LogP contribution in [0.4, 0.5) is 5.95 Å². The van der Waals surface area contributed by atoms with Crippen LogP contribution in [0, 0.1) is 11.8 Å². The quantitative estimate of drug-likeness (QED) is 0.839. The van der Waals surface area contributed by atoms with Crippen LogP contribution in [0.1, 0.15) is 24.8 Å². The van der Waals surface area contributed by atoms with E-state index in [1.807, 2.05) is 18.5 Å². The van der Waals surface area contributed by atoms with Crippen LogP contribution in [-0.2, 0) is 6.42 Å². The van der Waals surface area contributed by atoms with Crippen LogP contribution < -0.4 is 4.90 Å². The molecule has 2 aliphatic rings. The zero-order valence-corrected chi connectivity index (χ0v) is 14.9. The van der Waals surface area contributed by atoms with Crippen molar-refractivity contribution in [3.8, 4) is 0 Å². The van der Waals surface area contributed by atoms with Crippen LogP contribution in [-0.4, -0.2) is 47.6 Å². The van der Waals surface area contributed by atoms with E-state index in [1.54, 1.807) is 0 Å². The van der Waals surface area contributed by atoms with Gasteiger partial charge in [0.15, 0.2) is 0 Å². The summed E-state index contributed by atoms with van der Waals surface area (Å²) < 4.78 is 0. The fourth-order valence-electron chi connectivity index (χ4n) is 4.39. The Morgan fingerprint density at radius 2 is 1.56 bits per heavy atom. The lowest BCUT2D eigenvalue weighted by Gasteiger charge is -2.34. The Morgan fingerprint density at radius 1 is 0.840 bits per heavy atom. The van der Waals surface area contributed by atoms with Gasteiger partial charge in [-0.25, -0.2) is 9.97 Å². The topological polar surface area (TPSA) is 32.3 Å². The number of hydrogen-bond acceptors (Lipinski definition) is 4. The Kier molecular flexibility index (Phi) is 5.26. The van der Waals surface area contributed by atoms with E-state index in [0.29, 0.717) is 0 Å². The fraction of sp³-hybridized carbons (Fsp3) is 0.524. The van der Waals surface area contributed by atoms with E-state index in [4.69, 9.17) is 0 Å². The molecule has 0 radical (unpaired) electrons. The summed E-state index contributed by atoms with van der Waals surface area (Å²) in [5.74, 6) is 2.60. The number of anilines is 1. The number of hydrogen-bond donors (Lipinski definition) is 0. The van der Waals surface area contributed by atoms with E-state index in [9.17, 15) is 0 Å². The molecule has 1 aromatic carbocycles. The molecule has 0 aliphatic carbocycles. The number of piperidine rings is 1. The molecule has 2 aromatic rings. The molecule has 3 heterocycles. The Hall–Kier alpha value is -1.94. The average molecular weight is 336 g/mol. The zero-order chi connectivity index (χ0) is 16.9. The monoisotopic (exact) mass is 336 g/mol. The average Bonchev–Trinajstić information content (AvgIpc) is 3.19. The first-order valence-electron chi connectivity index (χ1n) is 9.67. The van der Waals surface area contributed by atoms with Gasteiger partial charge in [-0.3, -0.25) is 0 Å². The molecule has 4 rings (SSSR count). The highest BCUT2D eigenvalue weighted by Gasteiger charge is 2.32. The maximum atomic E-state index is 4.41. The molecule has 0 bridgehead atoms. The van der Waals surface area contributed by atoms with Gasteiger partial charge < -0.3 is 9.80 Å². The molecule has 0 spiro atoms. The standard InChI is InChI=1S/C21H28N4/c1-2-5-18(6-3-1)7-13-24-14-8-19(9-15-24)20-10-16-25(17-20)21-22-11-4-12-23-21/h1-6,11-12,19-20H,7-10,13-17H2/t20-/m0/s1. The van der Waals surface area contributed by atoms with Crippen LogP contribution in [0.5, 0.6) is 0 Å². The van der Waals surface area contributed by atoms with Crippen LogP contribution in [0.15, 0.2) is 48.8 Å². The summed E-state index contributed by atoms with van der Waals surface area (Å²) in [5, 5.41) is 0. The molecule has 1 atom stereocenters. The first-order valence-corrected chi connectivity index (χ1v) is 9.67. The Balaban J connectivity index is 1.23. The Morgan fingerprint density at radius 3 is 2.32 bits per heavy atom. The summed E-state index contributed by atoms with van der Waals surface area (Å²) >= 11 is 0.